The van der Waals surface area contributed by atoms with Gasteiger partial charge in [0.15, 0.2) is 0 Å². The summed E-state index contributed by atoms with van der Waals surface area (Å²) in [5, 5.41) is 39.5. The Balaban J connectivity index is 5.71. The molecule has 14 N–H and O–H groups in total. The number of rotatable bonds is 22. The lowest BCUT2D eigenvalue weighted by atomic mass is 10.0. The van der Waals surface area contributed by atoms with Crippen LogP contribution in [0.15, 0.2) is 0 Å². The van der Waals surface area contributed by atoms with E-state index >= 15 is 0 Å². The van der Waals surface area contributed by atoms with Crippen molar-refractivity contribution in [3.63, 3.8) is 0 Å². The highest BCUT2D eigenvalue weighted by atomic mass is 16.4. The Kier molecular flexibility index (Phi) is 18.6. The minimum atomic E-state index is -1.73. The second-order valence-corrected chi connectivity index (χ2v) is 10.8. The Labute approximate surface area is 259 Å². The average molecular weight is 647 g/mol. The van der Waals surface area contributed by atoms with Crippen molar-refractivity contribution in [3.8, 4) is 0 Å². The fourth-order valence-corrected chi connectivity index (χ4v) is 3.88. The summed E-state index contributed by atoms with van der Waals surface area (Å²) in [4.78, 5) is 96.9. The van der Waals surface area contributed by atoms with Gasteiger partial charge in [-0.1, -0.05) is 13.8 Å². The van der Waals surface area contributed by atoms with Crippen LogP contribution in [0.25, 0.3) is 0 Å². The molecule has 0 aliphatic heterocycles. The van der Waals surface area contributed by atoms with Gasteiger partial charge in [-0.15, -0.1) is 0 Å². The lowest BCUT2D eigenvalue weighted by Crippen LogP contribution is -2.60. The predicted molar refractivity (Wildman–Crippen MR) is 156 cm³/mol. The van der Waals surface area contributed by atoms with Crippen LogP contribution in [0, 0.1) is 5.92 Å². The van der Waals surface area contributed by atoms with E-state index in [1.54, 1.807) is 13.8 Å². The number of carboxylic acid groups (broad SMARTS) is 2. The zero-order chi connectivity index (χ0) is 34.9. The maximum atomic E-state index is 13.3. The third-order valence-electron chi connectivity index (χ3n) is 6.18. The molecule has 0 aliphatic rings. The molecule has 0 rings (SSSR count). The molecular formula is C26H46N8O11. The molecular weight excluding hydrogens is 600 g/mol. The van der Waals surface area contributed by atoms with E-state index in [0.29, 0.717) is 12.8 Å². The Morgan fingerprint density at radius 2 is 1.33 bits per heavy atom. The SMILES string of the molecule is CC(C)C[C@H](NC(=O)[C@@H](NC(=O)[C@@H](N)CC(N)=O)[C@@H](C)O)C(=O)N[C@@H](CCCCN)C(=O)NCC(=O)N[C@@H](CC(=O)O)C(=O)O. The summed E-state index contributed by atoms with van der Waals surface area (Å²) in [6.45, 7) is 4.26. The molecule has 0 heterocycles. The van der Waals surface area contributed by atoms with Crippen LogP contribution < -0.4 is 43.8 Å². The van der Waals surface area contributed by atoms with Crippen molar-refractivity contribution in [2.24, 2.45) is 23.1 Å². The molecule has 0 radical (unpaired) electrons. The number of aliphatic hydroxyl groups is 1. The molecule has 0 saturated heterocycles. The van der Waals surface area contributed by atoms with Gasteiger partial charge in [0.25, 0.3) is 0 Å². The lowest BCUT2D eigenvalue weighted by molar-refractivity contribution is -0.147. The Morgan fingerprint density at radius 3 is 1.82 bits per heavy atom. The first-order valence-electron chi connectivity index (χ1n) is 14.2. The zero-order valence-electron chi connectivity index (χ0n) is 25.5. The maximum absolute atomic E-state index is 13.3. The van der Waals surface area contributed by atoms with Crippen molar-refractivity contribution in [1.82, 2.24) is 26.6 Å². The molecule has 0 spiro atoms. The van der Waals surface area contributed by atoms with Gasteiger partial charge >= 0.3 is 11.9 Å². The van der Waals surface area contributed by atoms with Crippen molar-refractivity contribution in [3.05, 3.63) is 0 Å². The quantitative estimate of drug-likeness (QED) is 0.0494. The summed E-state index contributed by atoms with van der Waals surface area (Å²) < 4.78 is 0. The number of hydrogen-bond acceptors (Lipinski definition) is 11. The summed E-state index contributed by atoms with van der Waals surface area (Å²) >= 11 is 0. The number of hydrogen-bond donors (Lipinski definition) is 11. The number of carbonyl (C=O) groups excluding carboxylic acids is 6. The van der Waals surface area contributed by atoms with Crippen LogP contribution in [0.1, 0.15) is 59.3 Å². The third kappa shape index (κ3) is 16.9. The normalized spacial score (nSPS) is 14.9. The molecule has 0 unspecified atom stereocenters. The largest absolute Gasteiger partial charge is 0.481 e. The number of nitrogens with one attached hydrogen (secondary N) is 5. The minimum Gasteiger partial charge on any atom is -0.481 e. The fourth-order valence-electron chi connectivity index (χ4n) is 3.88. The van der Waals surface area contributed by atoms with Crippen LogP contribution in [-0.4, -0.2) is 112 Å². The molecule has 19 heteroatoms. The number of carbonyl (C=O) groups is 8. The Hall–Kier alpha value is -4.36. The summed E-state index contributed by atoms with van der Waals surface area (Å²) in [7, 11) is 0. The van der Waals surface area contributed by atoms with Gasteiger partial charge in [-0.2, -0.15) is 0 Å². The van der Waals surface area contributed by atoms with Gasteiger partial charge in [0.1, 0.15) is 24.2 Å². The molecule has 0 aliphatic carbocycles. The number of aliphatic carboxylic acids is 2. The Morgan fingerprint density at radius 1 is 0.733 bits per heavy atom. The van der Waals surface area contributed by atoms with Gasteiger partial charge in [-0.05, 0) is 45.1 Å². The van der Waals surface area contributed by atoms with Gasteiger partial charge in [-0.3, -0.25) is 33.6 Å². The highest BCUT2D eigenvalue weighted by molar-refractivity contribution is 5.96. The van der Waals surface area contributed by atoms with Crippen molar-refractivity contribution in [1.29, 1.82) is 0 Å². The fraction of sp³-hybridized carbons (Fsp3) is 0.692. The number of primary amides is 1. The third-order valence-corrected chi connectivity index (χ3v) is 6.18. The summed E-state index contributed by atoms with van der Waals surface area (Å²) in [5.41, 5.74) is 16.2. The van der Waals surface area contributed by atoms with Gasteiger partial charge in [-0.25, -0.2) is 4.79 Å². The molecule has 0 bridgehead atoms. The van der Waals surface area contributed by atoms with Crippen molar-refractivity contribution in [2.75, 3.05) is 13.1 Å². The van der Waals surface area contributed by atoms with Crippen molar-refractivity contribution >= 4 is 47.4 Å². The molecule has 0 aromatic rings. The van der Waals surface area contributed by atoms with Crippen molar-refractivity contribution in [2.45, 2.75) is 95.6 Å². The van der Waals surface area contributed by atoms with E-state index in [1.165, 1.54) is 6.92 Å². The van der Waals surface area contributed by atoms with E-state index in [-0.39, 0.29) is 25.3 Å². The molecule has 45 heavy (non-hydrogen) atoms. The molecule has 256 valence electrons. The summed E-state index contributed by atoms with van der Waals surface area (Å²) in [6, 6.07) is -7.18. The topological polar surface area (TPSA) is 335 Å². The van der Waals surface area contributed by atoms with Gasteiger partial charge in [0.2, 0.25) is 35.4 Å². The second-order valence-electron chi connectivity index (χ2n) is 10.8. The van der Waals surface area contributed by atoms with E-state index in [1.807, 2.05) is 5.32 Å². The highest BCUT2D eigenvalue weighted by Gasteiger charge is 2.33. The van der Waals surface area contributed by atoms with Gasteiger partial charge < -0.3 is 59.1 Å². The lowest BCUT2D eigenvalue weighted by Gasteiger charge is -2.27. The summed E-state index contributed by atoms with van der Waals surface area (Å²) in [6.07, 6.45) is -1.86. The van der Waals surface area contributed by atoms with Crippen LogP contribution in [0.3, 0.4) is 0 Å². The number of aliphatic hydroxyl groups excluding tert-OH is 1. The van der Waals surface area contributed by atoms with Crippen LogP contribution in [-0.2, 0) is 38.4 Å². The van der Waals surface area contributed by atoms with E-state index < -0.39 is 103 Å². The number of unbranched alkanes of at least 4 members (excludes halogenated alkanes) is 1. The molecule has 6 atom stereocenters. The molecule has 0 aromatic heterocycles. The minimum absolute atomic E-state index is 0.0684. The number of amides is 6. The van der Waals surface area contributed by atoms with E-state index in [4.69, 9.17) is 27.4 Å². The van der Waals surface area contributed by atoms with E-state index in [0.717, 1.165) is 0 Å². The Bertz CT molecular complexity index is 1070. The van der Waals surface area contributed by atoms with Crippen LogP contribution >= 0.6 is 0 Å². The average Bonchev–Trinajstić information content (AvgIpc) is 2.91. The standard InChI is InChI=1S/C26H46N8O11/c1-12(2)8-16(33-25(43)21(13(3)35)34-22(40)14(28)9-18(29)36)24(42)32-15(6-4-5-7-27)23(41)30-11-19(37)31-17(26(44)45)10-20(38)39/h12-17,21,35H,4-11,27-28H2,1-3H3,(H2,29,36)(H,30,41)(H,31,37)(H,32,42)(H,33,43)(H,34,40)(H,38,39)(H,44,45)/t13-,14+,15+,16+,17+,21+/m1/s1. The van der Waals surface area contributed by atoms with Crippen molar-refractivity contribution < 1.29 is 53.7 Å². The smallest absolute Gasteiger partial charge is 0.326 e. The van der Waals surface area contributed by atoms with Crippen LogP contribution in [0.4, 0.5) is 0 Å². The number of nitrogens with two attached hydrogens (primary N) is 3. The molecule has 6 amide bonds. The first kappa shape index (κ1) is 40.6. The monoisotopic (exact) mass is 646 g/mol. The predicted octanol–water partition coefficient (Wildman–Crippen LogP) is -4.64. The second kappa shape index (κ2) is 20.6. The van der Waals surface area contributed by atoms with Gasteiger partial charge in [0.05, 0.1) is 31.5 Å². The first-order chi connectivity index (χ1) is 20.9. The molecule has 0 aromatic carbocycles. The zero-order valence-corrected chi connectivity index (χ0v) is 25.5. The first-order valence-corrected chi connectivity index (χ1v) is 14.2. The molecule has 0 saturated carbocycles. The van der Waals surface area contributed by atoms with E-state index in [2.05, 4.69) is 21.3 Å². The highest BCUT2D eigenvalue weighted by Crippen LogP contribution is 2.09. The maximum Gasteiger partial charge on any atom is 0.326 e. The van der Waals surface area contributed by atoms with Crippen LogP contribution in [0.5, 0.6) is 0 Å². The van der Waals surface area contributed by atoms with E-state index in [9.17, 15) is 43.5 Å². The summed E-state index contributed by atoms with van der Waals surface area (Å²) in [5.74, 6) is -8.60. The van der Waals surface area contributed by atoms with Gasteiger partial charge in [0, 0.05) is 0 Å². The molecule has 19 nitrogen and oxygen atoms in total. The van der Waals surface area contributed by atoms with Crippen LogP contribution in [0.2, 0.25) is 0 Å². The molecule has 0 fully saturated rings. The number of carboxylic acids is 2.